The number of carbonyl (C=O) groups is 2. The van der Waals surface area contributed by atoms with Crippen molar-refractivity contribution in [2.45, 2.75) is 70.4 Å². The predicted octanol–water partition coefficient (Wildman–Crippen LogP) is 4.21. The van der Waals surface area contributed by atoms with E-state index in [1.165, 1.54) is 0 Å². The number of unbranched alkanes of at least 4 members (excludes halogenated alkanes) is 4. The molecule has 184 valence electrons. The standard InChI is InChI=1S/C28H39N3O3/c29-17-7-2-1-3-8-18-30-27(32)21-25-12-9-19-31(25)28(33)20-23-13-15-26(16-14-23)34-22-24-10-5-4-6-11-24/h4-6,10-11,13-16,25H,1-3,7-9,12,17-22,29H2,(H,30,32). The maximum Gasteiger partial charge on any atom is 0.227 e. The molecule has 1 heterocycles. The van der Waals surface area contributed by atoms with Crippen molar-refractivity contribution < 1.29 is 14.3 Å². The lowest BCUT2D eigenvalue weighted by molar-refractivity contribution is -0.132. The Labute approximate surface area is 203 Å². The smallest absolute Gasteiger partial charge is 0.227 e. The Morgan fingerprint density at radius 3 is 2.44 bits per heavy atom. The lowest BCUT2D eigenvalue weighted by atomic mass is 10.1. The normalized spacial score (nSPS) is 15.3. The zero-order valence-corrected chi connectivity index (χ0v) is 20.2. The first-order chi connectivity index (χ1) is 16.7. The van der Waals surface area contributed by atoms with Crippen molar-refractivity contribution in [1.82, 2.24) is 10.2 Å². The van der Waals surface area contributed by atoms with Gasteiger partial charge in [-0.2, -0.15) is 0 Å². The second-order valence-electron chi connectivity index (χ2n) is 9.09. The fourth-order valence-electron chi connectivity index (χ4n) is 4.41. The van der Waals surface area contributed by atoms with E-state index in [2.05, 4.69) is 5.32 Å². The molecule has 3 N–H and O–H groups in total. The van der Waals surface area contributed by atoms with E-state index < -0.39 is 0 Å². The number of nitrogens with two attached hydrogens (primary N) is 1. The average molecular weight is 466 g/mol. The maximum atomic E-state index is 12.9. The minimum absolute atomic E-state index is 0.00512. The molecule has 34 heavy (non-hydrogen) atoms. The number of rotatable bonds is 14. The molecule has 6 nitrogen and oxygen atoms in total. The van der Waals surface area contributed by atoms with Crippen LogP contribution in [0.2, 0.25) is 0 Å². The summed E-state index contributed by atoms with van der Waals surface area (Å²) in [5, 5.41) is 3.02. The van der Waals surface area contributed by atoms with Crippen LogP contribution in [0.1, 0.15) is 62.5 Å². The molecule has 1 unspecified atom stereocenters. The summed E-state index contributed by atoms with van der Waals surface area (Å²) in [5.41, 5.74) is 7.59. The van der Waals surface area contributed by atoms with Gasteiger partial charge in [-0.25, -0.2) is 0 Å². The quantitative estimate of drug-likeness (QED) is 0.409. The van der Waals surface area contributed by atoms with Crippen LogP contribution in [0.15, 0.2) is 54.6 Å². The highest BCUT2D eigenvalue weighted by atomic mass is 16.5. The summed E-state index contributed by atoms with van der Waals surface area (Å²) in [4.78, 5) is 27.2. The van der Waals surface area contributed by atoms with Crippen molar-refractivity contribution in [2.75, 3.05) is 19.6 Å². The van der Waals surface area contributed by atoms with E-state index in [9.17, 15) is 9.59 Å². The summed E-state index contributed by atoms with van der Waals surface area (Å²) in [6.07, 6.45) is 8.10. The number of hydrogen-bond acceptors (Lipinski definition) is 4. The molecule has 3 rings (SSSR count). The first kappa shape index (κ1) is 25.8. The van der Waals surface area contributed by atoms with Gasteiger partial charge in [-0.05, 0) is 55.5 Å². The Kier molecular flexibility index (Phi) is 10.9. The van der Waals surface area contributed by atoms with E-state index in [0.29, 0.717) is 26.0 Å². The average Bonchev–Trinajstić information content (AvgIpc) is 3.32. The third kappa shape index (κ3) is 8.82. The van der Waals surface area contributed by atoms with E-state index in [0.717, 1.165) is 74.9 Å². The number of hydrogen-bond donors (Lipinski definition) is 2. The van der Waals surface area contributed by atoms with Crippen LogP contribution in [0, 0.1) is 0 Å². The zero-order valence-electron chi connectivity index (χ0n) is 20.2. The molecule has 2 amide bonds. The monoisotopic (exact) mass is 465 g/mol. The first-order valence-electron chi connectivity index (χ1n) is 12.7. The fraction of sp³-hybridized carbons (Fsp3) is 0.500. The molecule has 1 aliphatic heterocycles. The van der Waals surface area contributed by atoms with Gasteiger partial charge in [0.05, 0.1) is 6.42 Å². The SMILES string of the molecule is NCCCCCCCNC(=O)CC1CCCN1C(=O)Cc1ccc(OCc2ccccc2)cc1. The van der Waals surface area contributed by atoms with Crippen LogP contribution < -0.4 is 15.8 Å². The van der Waals surface area contributed by atoms with Crippen LogP contribution in [0.25, 0.3) is 0 Å². The molecule has 0 spiro atoms. The van der Waals surface area contributed by atoms with Crippen molar-refractivity contribution in [1.29, 1.82) is 0 Å². The number of amides is 2. The fourth-order valence-corrected chi connectivity index (χ4v) is 4.41. The topological polar surface area (TPSA) is 84.7 Å². The zero-order chi connectivity index (χ0) is 24.0. The van der Waals surface area contributed by atoms with Crippen LogP contribution in [0.5, 0.6) is 5.75 Å². The van der Waals surface area contributed by atoms with E-state index >= 15 is 0 Å². The first-order valence-corrected chi connectivity index (χ1v) is 12.7. The van der Waals surface area contributed by atoms with Gasteiger partial charge in [0.2, 0.25) is 11.8 Å². The van der Waals surface area contributed by atoms with Crippen molar-refractivity contribution >= 4 is 11.8 Å². The number of carbonyl (C=O) groups excluding carboxylic acids is 2. The van der Waals surface area contributed by atoms with Gasteiger partial charge in [-0.15, -0.1) is 0 Å². The summed E-state index contributed by atoms with van der Waals surface area (Å²) < 4.78 is 5.83. The number of nitrogens with zero attached hydrogens (tertiary/aromatic N) is 1. The van der Waals surface area contributed by atoms with Crippen molar-refractivity contribution in [3.05, 3.63) is 65.7 Å². The number of likely N-dealkylation sites (tertiary alicyclic amines) is 1. The summed E-state index contributed by atoms with van der Waals surface area (Å²) in [6.45, 7) is 2.71. The van der Waals surface area contributed by atoms with Gasteiger partial charge in [0, 0.05) is 25.6 Å². The molecule has 0 aliphatic carbocycles. The summed E-state index contributed by atoms with van der Waals surface area (Å²) in [6, 6.07) is 17.8. The highest BCUT2D eigenvalue weighted by Gasteiger charge is 2.30. The number of benzene rings is 2. The lowest BCUT2D eigenvalue weighted by Crippen LogP contribution is -2.40. The Morgan fingerprint density at radius 1 is 0.941 bits per heavy atom. The molecule has 0 bridgehead atoms. The van der Waals surface area contributed by atoms with Gasteiger partial charge >= 0.3 is 0 Å². The Balaban J connectivity index is 1.38. The summed E-state index contributed by atoms with van der Waals surface area (Å²) in [5.74, 6) is 0.926. The number of ether oxygens (including phenoxy) is 1. The Bertz CT molecular complexity index is 870. The molecular weight excluding hydrogens is 426 g/mol. The van der Waals surface area contributed by atoms with Gasteiger partial charge in [0.1, 0.15) is 12.4 Å². The molecule has 2 aromatic carbocycles. The van der Waals surface area contributed by atoms with Gasteiger partial charge in [0.25, 0.3) is 0 Å². The van der Waals surface area contributed by atoms with E-state index in [1.807, 2.05) is 59.5 Å². The van der Waals surface area contributed by atoms with Crippen LogP contribution in [-0.2, 0) is 22.6 Å². The molecule has 6 heteroatoms. The molecule has 0 radical (unpaired) electrons. The minimum Gasteiger partial charge on any atom is -0.489 e. The molecule has 0 saturated carbocycles. The Morgan fingerprint density at radius 2 is 1.68 bits per heavy atom. The van der Waals surface area contributed by atoms with E-state index in [4.69, 9.17) is 10.5 Å². The van der Waals surface area contributed by atoms with Gasteiger partial charge in [-0.1, -0.05) is 61.7 Å². The molecular formula is C28H39N3O3. The molecule has 2 aromatic rings. The van der Waals surface area contributed by atoms with Crippen molar-refractivity contribution in [3.8, 4) is 5.75 Å². The van der Waals surface area contributed by atoms with Gasteiger partial charge in [-0.3, -0.25) is 9.59 Å². The predicted molar refractivity (Wildman–Crippen MR) is 135 cm³/mol. The Hall–Kier alpha value is -2.86. The highest BCUT2D eigenvalue weighted by Crippen LogP contribution is 2.22. The van der Waals surface area contributed by atoms with Gasteiger partial charge < -0.3 is 20.7 Å². The third-order valence-corrected chi connectivity index (χ3v) is 6.35. The molecule has 1 saturated heterocycles. The highest BCUT2D eigenvalue weighted by molar-refractivity contribution is 5.81. The third-order valence-electron chi connectivity index (χ3n) is 6.35. The van der Waals surface area contributed by atoms with Crippen LogP contribution in [-0.4, -0.2) is 42.4 Å². The van der Waals surface area contributed by atoms with Crippen LogP contribution in [0.4, 0.5) is 0 Å². The number of nitrogens with one attached hydrogen (secondary N) is 1. The lowest BCUT2D eigenvalue weighted by Gasteiger charge is -2.24. The van der Waals surface area contributed by atoms with E-state index in [-0.39, 0.29) is 17.9 Å². The second kappa shape index (κ2) is 14.4. The second-order valence-corrected chi connectivity index (χ2v) is 9.09. The van der Waals surface area contributed by atoms with Gasteiger partial charge in [0.15, 0.2) is 0 Å². The summed E-state index contributed by atoms with van der Waals surface area (Å²) >= 11 is 0. The molecule has 1 fully saturated rings. The largest absolute Gasteiger partial charge is 0.489 e. The molecule has 1 atom stereocenters. The van der Waals surface area contributed by atoms with E-state index in [1.54, 1.807) is 0 Å². The minimum atomic E-state index is 0.00512. The maximum absolute atomic E-state index is 12.9. The van der Waals surface area contributed by atoms with Crippen LogP contribution in [0.3, 0.4) is 0 Å². The summed E-state index contributed by atoms with van der Waals surface area (Å²) in [7, 11) is 0. The van der Waals surface area contributed by atoms with Crippen LogP contribution >= 0.6 is 0 Å². The molecule has 0 aromatic heterocycles. The molecule has 1 aliphatic rings. The van der Waals surface area contributed by atoms with Crippen molar-refractivity contribution in [3.63, 3.8) is 0 Å². The van der Waals surface area contributed by atoms with Crippen molar-refractivity contribution in [2.24, 2.45) is 5.73 Å².